The predicted molar refractivity (Wildman–Crippen MR) is 57.6 cm³/mol. The first-order chi connectivity index (χ1) is 5.78. The number of thiol groups is 1. The molecule has 1 nitrogen and oxygen atoms in total. The van der Waals surface area contributed by atoms with Crippen LogP contribution in [0.5, 0.6) is 0 Å². The molecule has 0 aromatic rings. The van der Waals surface area contributed by atoms with Gasteiger partial charge in [-0.05, 0) is 24.5 Å². The van der Waals surface area contributed by atoms with E-state index in [1.54, 1.807) is 6.08 Å². The quantitative estimate of drug-likeness (QED) is 0.496. The van der Waals surface area contributed by atoms with Gasteiger partial charge in [0.1, 0.15) is 0 Å². The van der Waals surface area contributed by atoms with Crippen LogP contribution in [-0.4, -0.2) is 17.5 Å². The third-order valence-electron chi connectivity index (χ3n) is 1.59. The van der Waals surface area contributed by atoms with Crippen LogP contribution in [0.2, 0.25) is 0 Å². The Morgan fingerprint density at radius 1 is 1.50 bits per heavy atom. The summed E-state index contributed by atoms with van der Waals surface area (Å²) in [5, 5.41) is 8.70. The second-order valence-electron chi connectivity index (χ2n) is 2.42. The van der Waals surface area contributed by atoms with Gasteiger partial charge in [-0.2, -0.15) is 12.6 Å². The minimum atomic E-state index is 0.168. The Balaban J connectivity index is 4.34. The summed E-state index contributed by atoms with van der Waals surface area (Å²) < 4.78 is 0. The average molecular weight is 184 g/mol. The first-order valence-corrected chi connectivity index (χ1v) is 4.61. The Hall–Kier alpha value is -0.470. The highest BCUT2D eigenvalue weighted by atomic mass is 32.1. The van der Waals surface area contributed by atoms with Crippen LogP contribution in [0.1, 0.15) is 13.3 Å². The topological polar surface area (TPSA) is 20.2 Å². The smallest absolute Gasteiger partial charge is 0.0471 e. The SMILES string of the molecule is C=C/C(=C\C(=C/C)CS)CCO. The van der Waals surface area contributed by atoms with Gasteiger partial charge in [0.2, 0.25) is 0 Å². The standard InChI is InChI=1S/C10H16OS/c1-3-9(5-6-11)7-10(4-2)8-12/h3-4,7,11-12H,1,5-6,8H2,2H3/b9-7+,10-4+. The van der Waals surface area contributed by atoms with E-state index < -0.39 is 0 Å². The molecule has 0 spiro atoms. The van der Waals surface area contributed by atoms with E-state index in [-0.39, 0.29) is 6.61 Å². The molecule has 0 radical (unpaired) electrons. The van der Waals surface area contributed by atoms with Crippen molar-refractivity contribution in [3.63, 3.8) is 0 Å². The minimum Gasteiger partial charge on any atom is -0.396 e. The van der Waals surface area contributed by atoms with E-state index in [9.17, 15) is 0 Å². The van der Waals surface area contributed by atoms with Crippen LogP contribution in [0.25, 0.3) is 0 Å². The summed E-state index contributed by atoms with van der Waals surface area (Å²) in [6, 6.07) is 0. The molecule has 0 rings (SSSR count). The Labute approximate surface area is 79.9 Å². The lowest BCUT2D eigenvalue weighted by Crippen LogP contribution is -1.87. The molecule has 0 bridgehead atoms. The Kier molecular flexibility index (Phi) is 6.91. The van der Waals surface area contributed by atoms with E-state index in [0.717, 1.165) is 16.9 Å². The van der Waals surface area contributed by atoms with Gasteiger partial charge in [-0.3, -0.25) is 0 Å². The fourth-order valence-electron chi connectivity index (χ4n) is 0.821. The zero-order valence-electron chi connectivity index (χ0n) is 7.45. The molecule has 0 unspecified atom stereocenters. The molecule has 0 aliphatic carbocycles. The fraction of sp³-hybridized carbons (Fsp3) is 0.400. The second kappa shape index (κ2) is 7.19. The summed E-state index contributed by atoms with van der Waals surface area (Å²) in [5.74, 6) is 0.721. The van der Waals surface area contributed by atoms with E-state index >= 15 is 0 Å². The normalized spacial score (nSPS) is 13.2. The molecule has 68 valence electrons. The lowest BCUT2D eigenvalue weighted by molar-refractivity contribution is 0.300. The molecule has 0 fully saturated rings. The van der Waals surface area contributed by atoms with Gasteiger partial charge < -0.3 is 5.11 Å². The maximum Gasteiger partial charge on any atom is 0.0471 e. The third-order valence-corrected chi connectivity index (χ3v) is 1.95. The van der Waals surface area contributed by atoms with Crippen LogP contribution < -0.4 is 0 Å². The van der Waals surface area contributed by atoms with E-state index in [2.05, 4.69) is 19.2 Å². The van der Waals surface area contributed by atoms with Crippen molar-refractivity contribution in [2.24, 2.45) is 0 Å². The highest BCUT2D eigenvalue weighted by Gasteiger charge is 1.92. The zero-order chi connectivity index (χ0) is 9.40. The Bertz CT molecular complexity index is 192. The molecule has 0 saturated heterocycles. The second-order valence-corrected chi connectivity index (χ2v) is 2.73. The van der Waals surface area contributed by atoms with Crippen molar-refractivity contribution in [1.29, 1.82) is 0 Å². The molecule has 0 amide bonds. The van der Waals surface area contributed by atoms with Gasteiger partial charge >= 0.3 is 0 Å². The van der Waals surface area contributed by atoms with Gasteiger partial charge in [-0.25, -0.2) is 0 Å². The Morgan fingerprint density at radius 3 is 2.50 bits per heavy atom. The summed E-state index contributed by atoms with van der Waals surface area (Å²) in [4.78, 5) is 0. The largest absolute Gasteiger partial charge is 0.396 e. The summed E-state index contributed by atoms with van der Waals surface area (Å²) in [5.41, 5.74) is 2.21. The van der Waals surface area contributed by atoms with E-state index in [0.29, 0.717) is 6.42 Å². The van der Waals surface area contributed by atoms with Crippen molar-refractivity contribution in [2.45, 2.75) is 13.3 Å². The molecule has 0 aliphatic heterocycles. The number of aliphatic hydroxyl groups is 1. The first kappa shape index (κ1) is 11.5. The number of hydrogen-bond acceptors (Lipinski definition) is 2. The van der Waals surface area contributed by atoms with Gasteiger partial charge in [0.15, 0.2) is 0 Å². The Morgan fingerprint density at radius 2 is 2.17 bits per heavy atom. The van der Waals surface area contributed by atoms with Crippen molar-refractivity contribution in [3.8, 4) is 0 Å². The predicted octanol–water partition coefficient (Wildman–Crippen LogP) is 2.36. The summed E-state index contributed by atoms with van der Waals surface area (Å²) >= 11 is 4.17. The van der Waals surface area contributed by atoms with Crippen molar-refractivity contribution < 1.29 is 5.11 Å². The van der Waals surface area contributed by atoms with E-state index in [4.69, 9.17) is 5.11 Å². The molecule has 0 atom stereocenters. The molecule has 0 heterocycles. The van der Waals surface area contributed by atoms with Crippen molar-refractivity contribution in [1.82, 2.24) is 0 Å². The number of aliphatic hydroxyl groups excluding tert-OH is 1. The van der Waals surface area contributed by atoms with Gasteiger partial charge in [0, 0.05) is 12.4 Å². The van der Waals surface area contributed by atoms with Gasteiger partial charge in [-0.15, -0.1) is 0 Å². The van der Waals surface area contributed by atoms with E-state index in [1.807, 2.05) is 19.1 Å². The van der Waals surface area contributed by atoms with E-state index in [1.165, 1.54) is 0 Å². The molecular formula is C10H16OS. The van der Waals surface area contributed by atoms with Gasteiger partial charge in [-0.1, -0.05) is 24.8 Å². The minimum absolute atomic E-state index is 0.168. The fourth-order valence-corrected chi connectivity index (χ4v) is 1.09. The van der Waals surface area contributed by atoms with Crippen LogP contribution in [0.3, 0.4) is 0 Å². The maximum atomic E-state index is 8.70. The molecule has 0 aromatic heterocycles. The molecular weight excluding hydrogens is 168 g/mol. The molecule has 1 N–H and O–H groups in total. The van der Waals surface area contributed by atoms with Crippen molar-refractivity contribution in [2.75, 3.05) is 12.4 Å². The first-order valence-electron chi connectivity index (χ1n) is 3.98. The van der Waals surface area contributed by atoms with Crippen molar-refractivity contribution in [3.05, 3.63) is 36.0 Å². The maximum absolute atomic E-state index is 8.70. The number of hydrogen-bond donors (Lipinski definition) is 2. The molecule has 0 aromatic carbocycles. The summed E-state index contributed by atoms with van der Waals surface area (Å²) in [6.07, 6.45) is 6.45. The zero-order valence-corrected chi connectivity index (χ0v) is 8.35. The molecule has 2 heteroatoms. The highest BCUT2D eigenvalue weighted by molar-refractivity contribution is 7.80. The summed E-state index contributed by atoms with van der Waals surface area (Å²) in [7, 11) is 0. The number of rotatable bonds is 5. The van der Waals surface area contributed by atoms with Gasteiger partial charge in [0.05, 0.1) is 0 Å². The highest BCUT2D eigenvalue weighted by Crippen LogP contribution is 2.08. The third kappa shape index (κ3) is 4.42. The van der Waals surface area contributed by atoms with Crippen LogP contribution in [0.15, 0.2) is 36.0 Å². The average Bonchev–Trinajstić information content (AvgIpc) is 2.12. The molecule has 0 aliphatic rings. The van der Waals surface area contributed by atoms with Crippen molar-refractivity contribution >= 4 is 12.6 Å². The van der Waals surface area contributed by atoms with Gasteiger partial charge in [0.25, 0.3) is 0 Å². The monoisotopic (exact) mass is 184 g/mol. The van der Waals surface area contributed by atoms with Crippen LogP contribution >= 0.6 is 12.6 Å². The lowest BCUT2D eigenvalue weighted by atomic mass is 10.1. The summed E-state index contributed by atoms with van der Waals surface area (Å²) in [6.45, 7) is 5.81. The lowest BCUT2D eigenvalue weighted by Gasteiger charge is -2.00. The van der Waals surface area contributed by atoms with Crippen LogP contribution in [0, 0.1) is 0 Å². The number of allylic oxidation sites excluding steroid dienone is 3. The molecule has 0 saturated carbocycles. The van der Waals surface area contributed by atoms with Crippen LogP contribution in [0.4, 0.5) is 0 Å². The van der Waals surface area contributed by atoms with Crippen LogP contribution in [-0.2, 0) is 0 Å². The molecule has 12 heavy (non-hydrogen) atoms.